The molecule has 1 aromatic heterocycles. The summed E-state index contributed by atoms with van der Waals surface area (Å²) in [6, 6.07) is 9.37. The van der Waals surface area contributed by atoms with Crippen LogP contribution in [0.5, 0.6) is 0 Å². The molecule has 10 heteroatoms. The molecule has 0 bridgehead atoms. The Labute approximate surface area is 200 Å². The van der Waals surface area contributed by atoms with Crippen LogP contribution in [0.15, 0.2) is 42.7 Å². The van der Waals surface area contributed by atoms with Crippen LogP contribution >= 0.6 is 0 Å². The molecule has 0 atom stereocenters. The molecule has 4 rings (SSSR count). The lowest BCUT2D eigenvalue weighted by Crippen LogP contribution is -2.49. The van der Waals surface area contributed by atoms with Crippen molar-refractivity contribution in [2.24, 2.45) is 0 Å². The van der Waals surface area contributed by atoms with Crippen molar-refractivity contribution in [1.29, 1.82) is 0 Å². The van der Waals surface area contributed by atoms with Gasteiger partial charge in [-0.2, -0.15) is 0 Å². The van der Waals surface area contributed by atoms with E-state index >= 15 is 0 Å². The standard InChI is InChI=1S/C24H34N8O2/c1-2-29-12-14-30(15-13-29)21-7-4-3-6-20(21)28-24(34)27-11-8-22(33)31-16-18-32(19-17-31)23-25-9-5-10-26-23/h3-7,9-10H,2,8,11-19H2,1H3,(H2,27,28,34). The third-order valence-electron chi connectivity index (χ3n) is 6.40. The number of anilines is 3. The Hall–Kier alpha value is -3.40. The van der Waals surface area contributed by atoms with Gasteiger partial charge < -0.3 is 30.2 Å². The van der Waals surface area contributed by atoms with Crippen molar-refractivity contribution in [2.75, 3.05) is 80.6 Å². The van der Waals surface area contributed by atoms with Crippen molar-refractivity contribution in [2.45, 2.75) is 13.3 Å². The van der Waals surface area contributed by atoms with Crippen LogP contribution in [0.1, 0.15) is 13.3 Å². The van der Waals surface area contributed by atoms with Crippen LogP contribution in [-0.4, -0.2) is 97.2 Å². The van der Waals surface area contributed by atoms with Crippen molar-refractivity contribution in [3.05, 3.63) is 42.7 Å². The van der Waals surface area contributed by atoms with Crippen molar-refractivity contribution in [1.82, 2.24) is 25.1 Å². The van der Waals surface area contributed by atoms with E-state index < -0.39 is 0 Å². The summed E-state index contributed by atoms with van der Waals surface area (Å²) in [5.74, 6) is 0.739. The number of piperazine rings is 2. The summed E-state index contributed by atoms with van der Waals surface area (Å²) in [6.45, 7) is 10.1. The molecule has 0 aliphatic carbocycles. The Bertz CT molecular complexity index is 941. The molecule has 0 saturated carbocycles. The number of carbonyl (C=O) groups is 2. The topological polar surface area (TPSA) is 96.9 Å². The number of nitrogens with one attached hydrogen (secondary N) is 2. The van der Waals surface area contributed by atoms with Gasteiger partial charge in [-0.3, -0.25) is 4.79 Å². The highest BCUT2D eigenvalue weighted by Gasteiger charge is 2.22. The summed E-state index contributed by atoms with van der Waals surface area (Å²) in [5.41, 5.74) is 1.82. The first-order valence-corrected chi connectivity index (χ1v) is 12.0. The second-order valence-corrected chi connectivity index (χ2v) is 8.49. The first-order valence-electron chi connectivity index (χ1n) is 12.0. The molecule has 34 heavy (non-hydrogen) atoms. The Morgan fingerprint density at radius 2 is 1.56 bits per heavy atom. The summed E-state index contributed by atoms with van der Waals surface area (Å²) in [5, 5.41) is 5.79. The minimum atomic E-state index is -0.293. The fraction of sp³-hybridized carbons (Fsp3) is 0.500. The van der Waals surface area contributed by atoms with E-state index in [0.29, 0.717) is 38.7 Å². The molecule has 2 aromatic rings. The molecule has 0 radical (unpaired) electrons. The molecule has 2 saturated heterocycles. The Balaban J connectivity index is 1.20. The fourth-order valence-corrected chi connectivity index (χ4v) is 4.38. The number of para-hydroxylation sites is 2. The van der Waals surface area contributed by atoms with E-state index in [1.165, 1.54) is 0 Å². The molecular formula is C24H34N8O2. The lowest BCUT2D eigenvalue weighted by molar-refractivity contribution is -0.131. The van der Waals surface area contributed by atoms with E-state index in [4.69, 9.17) is 0 Å². The number of likely N-dealkylation sites (N-methyl/N-ethyl adjacent to an activating group) is 1. The Kier molecular flexibility index (Phi) is 8.13. The van der Waals surface area contributed by atoms with Crippen molar-refractivity contribution in [3.8, 4) is 0 Å². The zero-order chi connectivity index (χ0) is 23.8. The predicted molar refractivity (Wildman–Crippen MR) is 133 cm³/mol. The average molecular weight is 467 g/mol. The number of carbonyl (C=O) groups excluding carboxylic acids is 2. The summed E-state index contributed by atoms with van der Waals surface area (Å²) in [4.78, 5) is 42.3. The zero-order valence-corrected chi connectivity index (χ0v) is 19.8. The number of aromatic nitrogens is 2. The van der Waals surface area contributed by atoms with Gasteiger partial charge in [0, 0.05) is 77.7 Å². The monoisotopic (exact) mass is 466 g/mol. The van der Waals surface area contributed by atoms with E-state index in [1.54, 1.807) is 18.5 Å². The van der Waals surface area contributed by atoms with Crippen LogP contribution in [0.4, 0.5) is 22.1 Å². The smallest absolute Gasteiger partial charge is 0.319 e. The van der Waals surface area contributed by atoms with Gasteiger partial charge in [0.05, 0.1) is 11.4 Å². The molecule has 182 valence electrons. The van der Waals surface area contributed by atoms with Crippen LogP contribution in [0.25, 0.3) is 0 Å². The second-order valence-electron chi connectivity index (χ2n) is 8.49. The molecule has 2 fully saturated rings. The molecule has 10 nitrogen and oxygen atoms in total. The van der Waals surface area contributed by atoms with Gasteiger partial charge in [0.25, 0.3) is 0 Å². The first-order chi connectivity index (χ1) is 16.6. The van der Waals surface area contributed by atoms with Crippen LogP contribution in [0, 0.1) is 0 Å². The maximum absolute atomic E-state index is 12.6. The van der Waals surface area contributed by atoms with Gasteiger partial charge in [0.15, 0.2) is 0 Å². The van der Waals surface area contributed by atoms with Gasteiger partial charge in [-0.25, -0.2) is 14.8 Å². The maximum Gasteiger partial charge on any atom is 0.319 e. The quantitative estimate of drug-likeness (QED) is 0.638. The van der Waals surface area contributed by atoms with E-state index in [-0.39, 0.29) is 18.4 Å². The molecule has 0 unspecified atom stereocenters. The van der Waals surface area contributed by atoms with Crippen molar-refractivity contribution in [3.63, 3.8) is 0 Å². The minimum Gasteiger partial charge on any atom is -0.367 e. The average Bonchev–Trinajstić information content (AvgIpc) is 2.89. The Morgan fingerprint density at radius 1 is 0.882 bits per heavy atom. The first kappa shape index (κ1) is 23.7. The predicted octanol–water partition coefficient (Wildman–Crippen LogP) is 1.48. The van der Waals surface area contributed by atoms with Gasteiger partial charge in [0.1, 0.15) is 0 Å². The zero-order valence-electron chi connectivity index (χ0n) is 19.8. The highest BCUT2D eigenvalue weighted by Crippen LogP contribution is 2.26. The van der Waals surface area contributed by atoms with Gasteiger partial charge in [-0.15, -0.1) is 0 Å². The number of rotatable bonds is 7. The van der Waals surface area contributed by atoms with E-state index in [9.17, 15) is 9.59 Å². The molecule has 3 heterocycles. The number of amides is 3. The van der Waals surface area contributed by atoms with Crippen LogP contribution < -0.4 is 20.4 Å². The third-order valence-corrected chi connectivity index (χ3v) is 6.40. The van der Waals surface area contributed by atoms with Gasteiger partial charge in [-0.1, -0.05) is 19.1 Å². The summed E-state index contributed by atoms with van der Waals surface area (Å²) >= 11 is 0. The Morgan fingerprint density at radius 3 is 2.26 bits per heavy atom. The number of benzene rings is 1. The third kappa shape index (κ3) is 6.13. The second kappa shape index (κ2) is 11.6. The highest BCUT2D eigenvalue weighted by atomic mass is 16.2. The molecule has 3 amide bonds. The molecule has 0 spiro atoms. The summed E-state index contributed by atoms with van der Waals surface area (Å²) in [7, 11) is 0. The minimum absolute atomic E-state index is 0.0446. The van der Waals surface area contributed by atoms with Crippen LogP contribution in [0.3, 0.4) is 0 Å². The largest absolute Gasteiger partial charge is 0.367 e. The van der Waals surface area contributed by atoms with E-state index in [2.05, 4.69) is 42.2 Å². The van der Waals surface area contributed by atoms with Gasteiger partial charge in [-0.05, 0) is 24.7 Å². The van der Waals surface area contributed by atoms with Crippen molar-refractivity contribution < 1.29 is 9.59 Å². The van der Waals surface area contributed by atoms with Crippen LogP contribution in [0.2, 0.25) is 0 Å². The number of hydrogen-bond acceptors (Lipinski definition) is 7. The van der Waals surface area contributed by atoms with Crippen molar-refractivity contribution >= 4 is 29.3 Å². The summed E-state index contributed by atoms with van der Waals surface area (Å²) in [6.07, 6.45) is 3.72. The normalized spacial score (nSPS) is 16.9. The maximum atomic E-state index is 12.6. The van der Waals surface area contributed by atoms with Crippen LogP contribution in [-0.2, 0) is 4.79 Å². The lowest BCUT2D eigenvalue weighted by Gasteiger charge is -2.36. The molecule has 2 aliphatic rings. The van der Waals surface area contributed by atoms with E-state index in [0.717, 1.165) is 44.1 Å². The molecule has 1 aromatic carbocycles. The highest BCUT2D eigenvalue weighted by molar-refractivity contribution is 5.93. The molecule has 2 aliphatic heterocycles. The number of hydrogen-bond donors (Lipinski definition) is 2. The molecular weight excluding hydrogens is 432 g/mol. The SMILES string of the molecule is CCN1CCN(c2ccccc2NC(=O)NCCC(=O)N2CCN(c3ncccn3)CC2)CC1. The fourth-order valence-electron chi connectivity index (χ4n) is 4.38. The number of urea groups is 1. The summed E-state index contributed by atoms with van der Waals surface area (Å²) < 4.78 is 0. The van der Waals surface area contributed by atoms with Gasteiger partial charge >= 0.3 is 6.03 Å². The number of nitrogens with zero attached hydrogens (tertiary/aromatic N) is 6. The lowest BCUT2D eigenvalue weighted by atomic mass is 10.2. The molecule has 2 N–H and O–H groups in total. The van der Waals surface area contributed by atoms with E-state index in [1.807, 2.05) is 29.2 Å². The van der Waals surface area contributed by atoms with Gasteiger partial charge in [0.2, 0.25) is 11.9 Å².